The summed E-state index contributed by atoms with van der Waals surface area (Å²) in [4.78, 5) is 9.29. The van der Waals surface area contributed by atoms with Gasteiger partial charge in [-0.25, -0.2) is 0 Å². The van der Waals surface area contributed by atoms with Gasteiger partial charge in [-0.15, -0.1) is 47.5 Å². The normalized spacial score (nSPS) is 12.4. The summed E-state index contributed by atoms with van der Waals surface area (Å²) in [6.07, 6.45) is 3.89. The monoisotopic (exact) mass is 888 g/mol. The number of furan rings is 1. The number of benzene rings is 5. The van der Waals surface area contributed by atoms with Gasteiger partial charge in [0.2, 0.25) is 0 Å². The van der Waals surface area contributed by atoms with Gasteiger partial charge in [0, 0.05) is 42.0 Å². The minimum absolute atomic E-state index is 0. The molecule has 0 fully saturated rings. The molecule has 0 aliphatic rings. The van der Waals surface area contributed by atoms with Crippen molar-refractivity contribution in [2.75, 3.05) is 0 Å². The molecule has 0 amide bonds. The van der Waals surface area contributed by atoms with Crippen molar-refractivity contribution >= 4 is 35.2 Å². The molecular weight excluding hydrogens is 841 g/mol. The average Bonchev–Trinajstić information content (AvgIpc) is 3.56. The molecule has 53 heavy (non-hydrogen) atoms. The zero-order valence-electron chi connectivity index (χ0n) is 33.9. The van der Waals surface area contributed by atoms with Crippen LogP contribution in [0.2, 0.25) is 19.6 Å². The Hall–Kier alpha value is -4.93. The molecule has 3 heterocycles. The number of hydrogen-bond acceptors (Lipinski definition) is 3. The first-order valence-electron chi connectivity index (χ1n) is 19.3. The fourth-order valence-corrected chi connectivity index (χ4v) is 7.57. The first-order chi connectivity index (χ1) is 26.3. The molecule has 0 atom stereocenters. The van der Waals surface area contributed by atoms with E-state index in [0.717, 1.165) is 55.6 Å². The first-order valence-corrected chi connectivity index (χ1v) is 21.3. The van der Waals surface area contributed by atoms with E-state index in [1.54, 1.807) is 6.07 Å². The zero-order chi connectivity index (χ0) is 38.9. The number of pyridine rings is 2. The summed E-state index contributed by atoms with van der Waals surface area (Å²) < 4.78 is 29.9. The molecule has 0 spiro atoms. The van der Waals surface area contributed by atoms with E-state index in [2.05, 4.69) is 123 Å². The Morgan fingerprint density at radius 2 is 1.42 bits per heavy atom. The van der Waals surface area contributed by atoms with Crippen molar-refractivity contribution in [3.05, 3.63) is 163 Å². The molecule has 8 rings (SSSR count). The summed E-state index contributed by atoms with van der Waals surface area (Å²) in [5.74, 6) is 0.444. The summed E-state index contributed by atoms with van der Waals surface area (Å²) in [5.41, 5.74) is 11.9. The van der Waals surface area contributed by atoms with Crippen LogP contribution in [0.4, 0.5) is 0 Å². The van der Waals surface area contributed by atoms with Crippen LogP contribution in [0.5, 0.6) is 0 Å². The first kappa shape index (κ1) is 33.9. The predicted molar refractivity (Wildman–Crippen MR) is 222 cm³/mol. The topological polar surface area (TPSA) is 38.9 Å². The van der Waals surface area contributed by atoms with Crippen LogP contribution in [0.1, 0.15) is 40.6 Å². The van der Waals surface area contributed by atoms with Gasteiger partial charge in [-0.1, -0.05) is 148 Å². The van der Waals surface area contributed by atoms with Crippen molar-refractivity contribution < 1.29 is 28.6 Å². The van der Waals surface area contributed by atoms with Gasteiger partial charge in [0.15, 0.2) is 0 Å². The third kappa shape index (κ3) is 8.19. The quantitative estimate of drug-likeness (QED) is 0.123. The molecule has 0 aliphatic carbocycles. The molecule has 0 saturated carbocycles. The number of aromatic nitrogens is 2. The van der Waals surface area contributed by atoms with Crippen LogP contribution >= 0.6 is 0 Å². The number of aryl methyl sites for hydroxylation is 2. The largest absolute Gasteiger partial charge is 0.501 e. The molecule has 0 aliphatic heterocycles. The van der Waals surface area contributed by atoms with E-state index in [-0.39, 0.29) is 20.1 Å². The molecule has 267 valence electrons. The minimum atomic E-state index is -2.19. The van der Waals surface area contributed by atoms with Gasteiger partial charge in [-0.2, -0.15) is 0 Å². The Kier molecular flexibility index (Phi) is 10.2. The van der Waals surface area contributed by atoms with Crippen LogP contribution in [0.3, 0.4) is 0 Å². The van der Waals surface area contributed by atoms with Gasteiger partial charge in [-0.05, 0) is 63.3 Å². The Morgan fingerprint density at radius 1 is 0.698 bits per heavy atom. The molecule has 0 saturated heterocycles. The van der Waals surface area contributed by atoms with E-state index < -0.39 is 14.9 Å². The van der Waals surface area contributed by atoms with E-state index in [1.165, 1.54) is 21.9 Å². The fraction of sp³-hybridized carbons (Fsp3) is 0.167. The summed E-state index contributed by atoms with van der Waals surface area (Å²) in [5, 5.41) is 3.51. The van der Waals surface area contributed by atoms with Crippen LogP contribution < -0.4 is 5.19 Å². The van der Waals surface area contributed by atoms with Crippen molar-refractivity contribution in [1.29, 1.82) is 0 Å². The number of hydrogen-bond donors (Lipinski definition) is 0. The van der Waals surface area contributed by atoms with Crippen LogP contribution in [0.25, 0.3) is 66.7 Å². The third-order valence-corrected chi connectivity index (χ3v) is 11.5. The Balaban J connectivity index is 0.000000188. The molecule has 8 aromatic rings. The van der Waals surface area contributed by atoms with Crippen LogP contribution in [0, 0.1) is 25.9 Å². The van der Waals surface area contributed by atoms with Crippen LogP contribution in [-0.2, 0) is 20.1 Å². The maximum absolute atomic E-state index is 7.84. The van der Waals surface area contributed by atoms with E-state index in [9.17, 15) is 0 Å². The standard InChI is InChI=1S/C27H22NO.C21H22NSi.Ir/c1-17(2)24-15-25(28-16-18(24)3)23-11-7-10-22-21-13-12-20(14-26(21)29-27(22)23)19-8-5-4-6-9-19;1-16-10-11-18(14-20(16)17-8-6-5-7-9-17)21-13-12-19(15-22-21)23(2,3)4;/h4-10,12-17H,1-3H3;5-10,12-15H,1-4H3;/q2*-1;/i;1D3;. The van der Waals surface area contributed by atoms with Crippen molar-refractivity contribution in [3.63, 3.8) is 0 Å². The van der Waals surface area contributed by atoms with Gasteiger partial charge in [0.1, 0.15) is 5.58 Å². The van der Waals surface area contributed by atoms with E-state index >= 15 is 0 Å². The molecule has 5 aromatic carbocycles. The van der Waals surface area contributed by atoms with Crippen molar-refractivity contribution in [2.24, 2.45) is 0 Å². The Labute approximate surface area is 332 Å². The summed E-state index contributed by atoms with van der Waals surface area (Å²) in [6, 6.07) is 46.7. The number of fused-ring (bicyclic) bond motifs is 3. The molecule has 0 bridgehead atoms. The van der Waals surface area contributed by atoms with E-state index in [0.29, 0.717) is 17.0 Å². The molecule has 3 nitrogen and oxygen atoms in total. The number of nitrogens with zero attached hydrogens (tertiary/aromatic N) is 2. The van der Waals surface area contributed by atoms with E-state index in [4.69, 9.17) is 8.53 Å². The van der Waals surface area contributed by atoms with E-state index in [1.807, 2.05) is 67.0 Å². The summed E-state index contributed by atoms with van der Waals surface area (Å²) >= 11 is 0. The Bertz CT molecular complexity index is 2600. The maximum Gasteiger partial charge on any atom is 0.121 e. The van der Waals surface area contributed by atoms with Crippen molar-refractivity contribution in [2.45, 2.75) is 53.2 Å². The van der Waals surface area contributed by atoms with Gasteiger partial charge in [0.25, 0.3) is 0 Å². The second-order valence-electron chi connectivity index (χ2n) is 14.6. The second kappa shape index (κ2) is 16.0. The average molecular weight is 888 g/mol. The molecule has 0 N–H and O–H groups in total. The minimum Gasteiger partial charge on any atom is -0.501 e. The SMILES string of the molecule is Cc1cnc(-c2[c-]ccc3c2oc2cc(-c4ccccc4)ccc23)cc1C(C)C.[2H]C([2H])([2H])c1c[c-]c(-c2ccc([Si](C)(C)C)cn2)cc1-c1ccccc1.[Ir]. The third-order valence-electron chi connectivity index (χ3n) is 9.50. The fourth-order valence-electron chi connectivity index (χ4n) is 6.53. The zero-order valence-corrected chi connectivity index (χ0v) is 34.3. The van der Waals surface area contributed by atoms with Gasteiger partial charge < -0.3 is 14.4 Å². The van der Waals surface area contributed by atoms with Gasteiger partial charge in [0.05, 0.1) is 13.7 Å². The van der Waals surface area contributed by atoms with Crippen molar-refractivity contribution in [1.82, 2.24) is 9.97 Å². The van der Waals surface area contributed by atoms with Gasteiger partial charge >= 0.3 is 0 Å². The molecule has 5 heteroatoms. The molecule has 1 radical (unpaired) electrons. The smallest absolute Gasteiger partial charge is 0.121 e. The second-order valence-corrected chi connectivity index (χ2v) is 19.7. The predicted octanol–water partition coefficient (Wildman–Crippen LogP) is 12.6. The Morgan fingerprint density at radius 3 is 2.08 bits per heavy atom. The summed E-state index contributed by atoms with van der Waals surface area (Å²) in [7, 11) is -1.40. The van der Waals surface area contributed by atoms with Crippen LogP contribution in [-0.4, -0.2) is 18.0 Å². The molecular formula is C48H44IrN2OSi-2. The summed E-state index contributed by atoms with van der Waals surface area (Å²) in [6.45, 7) is 11.2. The molecule has 3 aromatic heterocycles. The maximum atomic E-state index is 7.84. The number of rotatable bonds is 6. The van der Waals surface area contributed by atoms with Crippen LogP contribution in [0.15, 0.2) is 138 Å². The van der Waals surface area contributed by atoms with Crippen molar-refractivity contribution in [3.8, 4) is 44.8 Å². The van der Waals surface area contributed by atoms with Gasteiger partial charge in [-0.3, -0.25) is 0 Å². The molecule has 0 unspecified atom stereocenters.